The van der Waals surface area contributed by atoms with Crippen molar-refractivity contribution in [3.8, 4) is 5.75 Å². The molecule has 20 heavy (non-hydrogen) atoms. The first kappa shape index (κ1) is 15.8. The quantitative estimate of drug-likeness (QED) is 0.821. The van der Waals surface area contributed by atoms with Crippen molar-refractivity contribution >= 4 is 15.9 Å². The largest absolute Gasteiger partial charge is 0.494 e. The minimum Gasteiger partial charge on any atom is -0.494 e. The highest BCUT2D eigenvalue weighted by Crippen LogP contribution is 2.32. The zero-order valence-electron chi connectivity index (χ0n) is 12.3. The maximum absolute atomic E-state index is 5.85. The van der Waals surface area contributed by atoms with E-state index in [1.807, 2.05) is 24.3 Å². The van der Waals surface area contributed by atoms with Gasteiger partial charge in [-0.25, -0.2) is 0 Å². The van der Waals surface area contributed by atoms with Gasteiger partial charge in [-0.15, -0.1) is 0 Å². The lowest BCUT2D eigenvalue weighted by molar-refractivity contribution is 0.127. The summed E-state index contributed by atoms with van der Waals surface area (Å²) in [5.74, 6) is 0.930. The van der Waals surface area contributed by atoms with E-state index < -0.39 is 0 Å². The van der Waals surface area contributed by atoms with Gasteiger partial charge in [-0.3, -0.25) is 0 Å². The Hall–Kier alpha value is -0.580. The van der Waals surface area contributed by atoms with Crippen molar-refractivity contribution in [3.63, 3.8) is 0 Å². The molecule has 1 saturated heterocycles. The highest BCUT2D eigenvalue weighted by atomic mass is 79.9. The Bertz CT molecular complexity index is 399. The van der Waals surface area contributed by atoms with Crippen LogP contribution in [0.5, 0.6) is 5.75 Å². The van der Waals surface area contributed by atoms with E-state index in [9.17, 15) is 0 Å². The molecule has 1 fully saturated rings. The summed E-state index contributed by atoms with van der Waals surface area (Å²) >= 11 is 3.43. The van der Waals surface area contributed by atoms with Crippen LogP contribution in [0.3, 0.4) is 0 Å². The van der Waals surface area contributed by atoms with Gasteiger partial charge in [0, 0.05) is 29.1 Å². The fraction of sp³-hybridized carbons (Fsp3) is 0.625. The Morgan fingerprint density at radius 1 is 1.35 bits per heavy atom. The lowest BCUT2D eigenvalue weighted by Gasteiger charge is -2.28. The predicted octanol–water partition coefficient (Wildman–Crippen LogP) is 3.62. The lowest BCUT2D eigenvalue weighted by atomic mass is 9.84. The van der Waals surface area contributed by atoms with Crippen LogP contribution < -0.4 is 10.1 Å². The average Bonchev–Trinajstić information content (AvgIpc) is 2.88. The van der Waals surface area contributed by atoms with Crippen molar-refractivity contribution in [1.82, 2.24) is 5.32 Å². The van der Waals surface area contributed by atoms with Crippen molar-refractivity contribution in [2.75, 3.05) is 26.4 Å². The number of rotatable bonds is 7. The Morgan fingerprint density at radius 2 is 2.10 bits per heavy atom. The van der Waals surface area contributed by atoms with Crippen LogP contribution in [-0.2, 0) is 4.74 Å². The SMILES string of the molecule is CC(C)NCC1(CCOc2ccc(Br)cc2)CCOC1. The second kappa shape index (κ2) is 7.43. The molecule has 4 heteroatoms. The van der Waals surface area contributed by atoms with E-state index >= 15 is 0 Å². The highest BCUT2D eigenvalue weighted by molar-refractivity contribution is 9.10. The Kier molecular flexibility index (Phi) is 5.87. The molecule has 1 heterocycles. The molecule has 1 aromatic carbocycles. The molecule has 1 atom stereocenters. The van der Waals surface area contributed by atoms with Crippen molar-refractivity contribution in [2.45, 2.75) is 32.7 Å². The van der Waals surface area contributed by atoms with Gasteiger partial charge in [-0.1, -0.05) is 29.8 Å². The maximum atomic E-state index is 5.85. The molecule has 1 N–H and O–H groups in total. The highest BCUT2D eigenvalue weighted by Gasteiger charge is 2.34. The molecule has 0 radical (unpaired) electrons. The van der Waals surface area contributed by atoms with E-state index in [1.54, 1.807) is 0 Å². The molecule has 3 nitrogen and oxygen atoms in total. The van der Waals surface area contributed by atoms with Crippen molar-refractivity contribution in [1.29, 1.82) is 0 Å². The van der Waals surface area contributed by atoms with Gasteiger partial charge in [-0.05, 0) is 37.1 Å². The summed E-state index contributed by atoms with van der Waals surface area (Å²) in [4.78, 5) is 0. The smallest absolute Gasteiger partial charge is 0.119 e. The van der Waals surface area contributed by atoms with E-state index in [0.29, 0.717) is 6.04 Å². The Labute approximate surface area is 130 Å². The second-order valence-electron chi connectivity index (χ2n) is 5.89. The summed E-state index contributed by atoms with van der Waals surface area (Å²) in [6, 6.07) is 8.51. The molecule has 0 saturated carbocycles. The fourth-order valence-electron chi connectivity index (χ4n) is 2.41. The molecular weight excluding hydrogens is 318 g/mol. The van der Waals surface area contributed by atoms with Gasteiger partial charge >= 0.3 is 0 Å². The first-order valence-electron chi connectivity index (χ1n) is 7.29. The van der Waals surface area contributed by atoms with E-state index in [0.717, 1.165) is 49.4 Å². The fourth-order valence-corrected chi connectivity index (χ4v) is 2.68. The van der Waals surface area contributed by atoms with Gasteiger partial charge in [0.15, 0.2) is 0 Å². The minimum atomic E-state index is 0.236. The number of hydrogen-bond donors (Lipinski definition) is 1. The first-order valence-corrected chi connectivity index (χ1v) is 8.08. The van der Waals surface area contributed by atoms with E-state index in [2.05, 4.69) is 35.1 Å². The van der Waals surface area contributed by atoms with Crippen molar-refractivity contribution in [3.05, 3.63) is 28.7 Å². The standard InChI is InChI=1S/C16H24BrNO2/c1-13(2)18-11-16(7-9-19-12-16)8-10-20-15-5-3-14(17)4-6-15/h3-6,13,18H,7-12H2,1-2H3. The molecule has 1 aromatic rings. The third-order valence-electron chi connectivity index (χ3n) is 3.79. The molecule has 1 unspecified atom stereocenters. The first-order chi connectivity index (χ1) is 9.60. The molecule has 0 aromatic heterocycles. The zero-order chi connectivity index (χ0) is 14.4. The molecule has 112 valence electrons. The van der Waals surface area contributed by atoms with Crippen LogP contribution in [0.4, 0.5) is 0 Å². The van der Waals surface area contributed by atoms with Crippen LogP contribution in [0.25, 0.3) is 0 Å². The Balaban J connectivity index is 1.81. The van der Waals surface area contributed by atoms with Crippen LogP contribution >= 0.6 is 15.9 Å². The molecule has 0 aliphatic carbocycles. The van der Waals surface area contributed by atoms with Gasteiger partial charge in [0.05, 0.1) is 13.2 Å². The molecule has 1 aliphatic heterocycles. The zero-order valence-corrected chi connectivity index (χ0v) is 13.9. The van der Waals surface area contributed by atoms with E-state index in [1.165, 1.54) is 0 Å². The van der Waals surface area contributed by atoms with Crippen LogP contribution in [0.1, 0.15) is 26.7 Å². The number of benzene rings is 1. The lowest BCUT2D eigenvalue weighted by Crippen LogP contribution is -2.39. The number of nitrogens with one attached hydrogen (secondary N) is 1. The molecule has 2 rings (SSSR count). The average molecular weight is 342 g/mol. The third-order valence-corrected chi connectivity index (χ3v) is 4.31. The summed E-state index contributed by atoms with van der Waals surface area (Å²) in [5, 5.41) is 3.54. The van der Waals surface area contributed by atoms with E-state index in [4.69, 9.17) is 9.47 Å². The molecular formula is C16H24BrNO2. The predicted molar refractivity (Wildman–Crippen MR) is 85.3 cm³/mol. The second-order valence-corrected chi connectivity index (χ2v) is 6.81. The summed E-state index contributed by atoms with van der Waals surface area (Å²) in [5.41, 5.74) is 0.236. The molecule has 0 bridgehead atoms. The van der Waals surface area contributed by atoms with Crippen LogP contribution in [0.2, 0.25) is 0 Å². The van der Waals surface area contributed by atoms with E-state index in [-0.39, 0.29) is 5.41 Å². The van der Waals surface area contributed by atoms with Crippen molar-refractivity contribution < 1.29 is 9.47 Å². The number of ether oxygens (including phenoxy) is 2. The van der Waals surface area contributed by atoms with Gasteiger partial charge in [0.2, 0.25) is 0 Å². The van der Waals surface area contributed by atoms with Gasteiger partial charge < -0.3 is 14.8 Å². The van der Waals surface area contributed by atoms with Crippen LogP contribution in [-0.4, -0.2) is 32.4 Å². The number of halogens is 1. The normalized spacial score (nSPS) is 22.4. The number of hydrogen-bond acceptors (Lipinski definition) is 3. The monoisotopic (exact) mass is 341 g/mol. The maximum Gasteiger partial charge on any atom is 0.119 e. The molecule has 0 spiro atoms. The van der Waals surface area contributed by atoms with Crippen LogP contribution in [0.15, 0.2) is 28.7 Å². The van der Waals surface area contributed by atoms with Crippen molar-refractivity contribution in [2.24, 2.45) is 5.41 Å². The Morgan fingerprint density at radius 3 is 2.70 bits per heavy atom. The van der Waals surface area contributed by atoms with Gasteiger partial charge in [0.1, 0.15) is 5.75 Å². The minimum absolute atomic E-state index is 0.236. The summed E-state index contributed by atoms with van der Waals surface area (Å²) in [7, 11) is 0. The van der Waals surface area contributed by atoms with Gasteiger partial charge in [-0.2, -0.15) is 0 Å². The molecule has 1 aliphatic rings. The van der Waals surface area contributed by atoms with Gasteiger partial charge in [0.25, 0.3) is 0 Å². The topological polar surface area (TPSA) is 30.5 Å². The summed E-state index contributed by atoms with van der Waals surface area (Å²) < 4.78 is 12.5. The summed E-state index contributed by atoms with van der Waals surface area (Å²) in [6.07, 6.45) is 2.15. The third kappa shape index (κ3) is 4.76. The molecule has 0 amide bonds. The van der Waals surface area contributed by atoms with Crippen LogP contribution in [0, 0.1) is 5.41 Å². The summed E-state index contributed by atoms with van der Waals surface area (Å²) in [6.45, 7) is 7.83.